The number of piperazine rings is 1. The predicted molar refractivity (Wildman–Crippen MR) is 78.9 cm³/mol. The van der Waals surface area contributed by atoms with Gasteiger partial charge in [-0.2, -0.15) is 0 Å². The maximum absolute atomic E-state index is 2.77. The molecule has 1 aliphatic carbocycles. The lowest BCUT2D eigenvalue weighted by molar-refractivity contribution is 0.0426. The average molecular weight is 250 g/mol. The van der Waals surface area contributed by atoms with Crippen LogP contribution < -0.4 is 0 Å². The highest BCUT2D eigenvalue weighted by Gasteiger charge is 2.39. The molecule has 2 nitrogen and oxygen atoms in total. The van der Waals surface area contributed by atoms with Gasteiger partial charge in [-0.1, -0.05) is 32.4 Å². The molecular formula is C16H30N2. The molecule has 1 atom stereocenters. The Morgan fingerprint density at radius 2 is 1.89 bits per heavy atom. The Labute approximate surface area is 113 Å². The molecule has 0 aromatic carbocycles. The van der Waals surface area contributed by atoms with Gasteiger partial charge in [0.1, 0.15) is 0 Å². The van der Waals surface area contributed by atoms with Gasteiger partial charge in [0.15, 0.2) is 0 Å². The molecule has 0 aromatic heterocycles. The Morgan fingerprint density at radius 1 is 1.22 bits per heavy atom. The fraction of sp³-hybridized carbons (Fsp3) is 0.875. The highest BCUT2D eigenvalue weighted by Crippen LogP contribution is 2.40. The van der Waals surface area contributed by atoms with E-state index in [0.717, 1.165) is 5.92 Å². The van der Waals surface area contributed by atoms with Gasteiger partial charge < -0.3 is 4.90 Å². The lowest BCUT2D eigenvalue weighted by Crippen LogP contribution is -2.55. The van der Waals surface area contributed by atoms with Crippen molar-refractivity contribution in [2.75, 3.05) is 33.2 Å². The molecule has 0 amide bonds. The topological polar surface area (TPSA) is 6.48 Å². The van der Waals surface area contributed by atoms with E-state index in [2.05, 4.69) is 43.7 Å². The molecule has 0 spiro atoms. The fourth-order valence-corrected chi connectivity index (χ4v) is 3.60. The fourth-order valence-electron chi connectivity index (χ4n) is 3.60. The van der Waals surface area contributed by atoms with E-state index >= 15 is 0 Å². The summed E-state index contributed by atoms with van der Waals surface area (Å²) in [5.74, 6) is 0.802. The number of nitrogens with zero attached hydrogens (tertiary/aromatic N) is 2. The summed E-state index contributed by atoms with van der Waals surface area (Å²) in [7, 11) is 2.24. The second-order valence-corrected chi connectivity index (χ2v) is 6.71. The zero-order valence-electron chi connectivity index (χ0n) is 12.7. The van der Waals surface area contributed by atoms with Gasteiger partial charge in [0.05, 0.1) is 0 Å². The second kappa shape index (κ2) is 5.75. The van der Waals surface area contributed by atoms with Crippen LogP contribution >= 0.6 is 0 Å². The van der Waals surface area contributed by atoms with Crippen LogP contribution in [0.4, 0.5) is 0 Å². The summed E-state index contributed by atoms with van der Waals surface area (Å²) in [6, 6.07) is 0. The molecule has 2 aliphatic rings. The molecule has 1 unspecified atom stereocenters. The van der Waals surface area contributed by atoms with Crippen molar-refractivity contribution in [1.29, 1.82) is 0 Å². The summed E-state index contributed by atoms with van der Waals surface area (Å²) in [6.07, 6.45) is 7.76. The highest BCUT2D eigenvalue weighted by atomic mass is 15.3. The lowest BCUT2D eigenvalue weighted by atomic mass is 9.87. The summed E-state index contributed by atoms with van der Waals surface area (Å²) < 4.78 is 0. The number of rotatable bonds is 4. The first-order valence-electron chi connectivity index (χ1n) is 7.67. The van der Waals surface area contributed by atoms with Gasteiger partial charge in [-0.3, -0.25) is 4.90 Å². The number of likely N-dealkylation sites (N-methyl/N-ethyl adjacent to an activating group) is 1. The van der Waals surface area contributed by atoms with Gasteiger partial charge in [0.2, 0.25) is 0 Å². The molecule has 104 valence electrons. The lowest BCUT2D eigenvalue weighted by Gasteiger charge is -2.45. The molecule has 0 radical (unpaired) electrons. The normalized spacial score (nSPS) is 31.1. The zero-order valence-corrected chi connectivity index (χ0v) is 12.7. The van der Waals surface area contributed by atoms with Gasteiger partial charge in [-0.15, -0.1) is 0 Å². The van der Waals surface area contributed by atoms with E-state index in [1.807, 2.05) is 0 Å². The van der Waals surface area contributed by atoms with Crippen molar-refractivity contribution in [3.05, 3.63) is 11.6 Å². The maximum atomic E-state index is 2.77. The summed E-state index contributed by atoms with van der Waals surface area (Å²) in [5, 5.41) is 0. The minimum Gasteiger partial charge on any atom is -0.304 e. The van der Waals surface area contributed by atoms with Crippen LogP contribution in [-0.4, -0.2) is 48.6 Å². The zero-order chi connectivity index (χ0) is 13.2. The van der Waals surface area contributed by atoms with Gasteiger partial charge in [0.25, 0.3) is 0 Å². The van der Waals surface area contributed by atoms with Crippen LogP contribution in [0.1, 0.15) is 46.5 Å². The second-order valence-electron chi connectivity index (χ2n) is 6.71. The first kappa shape index (κ1) is 14.1. The van der Waals surface area contributed by atoms with E-state index < -0.39 is 0 Å². The van der Waals surface area contributed by atoms with Crippen molar-refractivity contribution in [2.45, 2.75) is 52.0 Å². The minimum atomic E-state index is 0.464. The van der Waals surface area contributed by atoms with Crippen LogP contribution in [0.25, 0.3) is 0 Å². The molecule has 2 rings (SSSR count). The summed E-state index contributed by atoms with van der Waals surface area (Å²) in [5.41, 5.74) is 2.18. The summed E-state index contributed by atoms with van der Waals surface area (Å²) >= 11 is 0. The molecule has 0 N–H and O–H groups in total. The number of hydrogen-bond acceptors (Lipinski definition) is 2. The van der Waals surface area contributed by atoms with Crippen LogP contribution in [0.15, 0.2) is 11.6 Å². The summed E-state index contributed by atoms with van der Waals surface area (Å²) in [6.45, 7) is 12.0. The first-order chi connectivity index (χ1) is 8.55. The molecule has 1 fully saturated rings. The van der Waals surface area contributed by atoms with E-state index in [1.165, 1.54) is 51.9 Å². The molecule has 1 heterocycles. The quantitative estimate of drug-likeness (QED) is 0.707. The van der Waals surface area contributed by atoms with Gasteiger partial charge in [-0.05, 0) is 38.6 Å². The van der Waals surface area contributed by atoms with Crippen molar-refractivity contribution in [2.24, 2.45) is 5.92 Å². The van der Waals surface area contributed by atoms with Crippen molar-refractivity contribution in [3.8, 4) is 0 Å². The Kier molecular flexibility index (Phi) is 4.50. The minimum absolute atomic E-state index is 0.464. The standard InChI is InChI=1S/C16H30N2/c1-5-16(18-10-8-17(4)9-11-18)7-6-15(13-16)12-14(2)3/h6,14H,5,7-13H2,1-4H3. The molecule has 0 bridgehead atoms. The maximum Gasteiger partial charge on any atom is 0.0279 e. The molecule has 18 heavy (non-hydrogen) atoms. The Morgan fingerprint density at radius 3 is 2.44 bits per heavy atom. The van der Waals surface area contributed by atoms with Crippen LogP contribution in [0.5, 0.6) is 0 Å². The predicted octanol–water partition coefficient (Wildman–Crippen LogP) is 3.15. The van der Waals surface area contributed by atoms with Crippen molar-refractivity contribution < 1.29 is 0 Å². The van der Waals surface area contributed by atoms with Crippen LogP contribution in [0, 0.1) is 5.92 Å². The Balaban J connectivity index is 1.97. The highest BCUT2D eigenvalue weighted by molar-refractivity contribution is 5.19. The van der Waals surface area contributed by atoms with E-state index in [-0.39, 0.29) is 0 Å². The summed E-state index contributed by atoms with van der Waals surface area (Å²) in [4.78, 5) is 5.23. The Hall–Kier alpha value is -0.340. The van der Waals surface area contributed by atoms with Crippen molar-refractivity contribution in [3.63, 3.8) is 0 Å². The van der Waals surface area contributed by atoms with Crippen LogP contribution in [0.3, 0.4) is 0 Å². The Bertz CT molecular complexity index is 300. The van der Waals surface area contributed by atoms with E-state index in [1.54, 1.807) is 5.57 Å². The average Bonchev–Trinajstić information content (AvgIpc) is 2.74. The van der Waals surface area contributed by atoms with Gasteiger partial charge >= 0.3 is 0 Å². The molecule has 1 saturated heterocycles. The van der Waals surface area contributed by atoms with Crippen molar-refractivity contribution in [1.82, 2.24) is 9.80 Å². The van der Waals surface area contributed by atoms with E-state index in [9.17, 15) is 0 Å². The van der Waals surface area contributed by atoms with Crippen LogP contribution in [0.2, 0.25) is 0 Å². The SMILES string of the molecule is CCC1(N2CCN(C)CC2)CC=C(CC(C)C)C1. The first-order valence-corrected chi connectivity index (χ1v) is 7.67. The van der Waals surface area contributed by atoms with E-state index in [4.69, 9.17) is 0 Å². The monoisotopic (exact) mass is 250 g/mol. The third-order valence-electron chi connectivity index (χ3n) is 4.83. The smallest absolute Gasteiger partial charge is 0.0279 e. The van der Waals surface area contributed by atoms with Crippen LogP contribution in [-0.2, 0) is 0 Å². The largest absolute Gasteiger partial charge is 0.304 e. The van der Waals surface area contributed by atoms with Gasteiger partial charge in [-0.25, -0.2) is 0 Å². The van der Waals surface area contributed by atoms with Gasteiger partial charge in [0, 0.05) is 31.7 Å². The van der Waals surface area contributed by atoms with E-state index in [0.29, 0.717) is 5.54 Å². The molecule has 1 aliphatic heterocycles. The molecule has 0 saturated carbocycles. The third kappa shape index (κ3) is 2.97. The van der Waals surface area contributed by atoms with Crippen molar-refractivity contribution >= 4 is 0 Å². The molecule has 2 heteroatoms. The molecule has 0 aromatic rings. The number of hydrogen-bond donors (Lipinski definition) is 0. The molecular weight excluding hydrogens is 220 g/mol. The third-order valence-corrected chi connectivity index (χ3v) is 4.83.